The summed E-state index contributed by atoms with van der Waals surface area (Å²) < 4.78 is 9.44. The molecule has 3 aromatic carbocycles. The summed E-state index contributed by atoms with van der Waals surface area (Å²) in [4.78, 5) is 32.5. The van der Waals surface area contributed by atoms with E-state index >= 15 is 0 Å². The molecule has 0 bridgehead atoms. The van der Waals surface area contributed by atoms with Crippen LogP contribution in [0.3, 0.4) is 0 Å². The number of esters is 1. The second-order valence-corrected chi connectivity index (χ2v) is 11.0. The molecule has 8 heteroatoms. The van der Waals surface area contributed by atoms with Gasteiger partial charge in [0.1, 0.15) is 0 Å². The molecular weight excluding hydrogens is 544 g/mol. The number of allylic oxidation sites excluding steroid dienone is 1. The molecule has 2 aromatic heterocycles. The zero-order valence-electron chi connectivity index (χ0n) is 23.4. The van der Waals surface area contributed by atoms with Crippen molar-refractivity contribution in [3.8, 4) is 16.9 Å². The molecule has 1 aliphatic rings. The van der Waals surface area contributed by atoms with Crippen molar-refractivity contribution in [2.45, 2.75) is 32.7 Å². The minimum absolute atomic E-state index is 0.183. The van der Waals surface area contributed by atoms with E-state index in [9.17, 15) is 9.59 Å². The molecule has 1 unspecified atom stereocenters. The average Bonchev–Trinajstić information content (AvgIpc) is 3.58. The fourth-order valence-electron chi connectivity index (χ4n) is 5.30. The van der Waals surface area contributed by atoms with E-state index in [0.29, 0.717) is 33.4 Å². The number of ether oxygens (including phenoxy) is 1. The monoisotopic (exact) mass is 574 g/mol. The van der Waals surface area contributed by atoms with Gasteiger partial charge < -0.3 is 4.74 Å². The number of thiazole rings is 1. The highest BCUT2D eigenvalue weighted by molar-refractivity contribution is 7.07. The highest BCUT2D eigenvalue weighted by Crippen LogP contribution is 2.29. The lowest BCUT2D eigenvalue weighted by Crippen LogP contribution is -2.39. The molecule has 0 aliphatic carbocycles. The van der Waals surface area contributed by atoms with Gasteiger partial charge in [-0.2, -0.15) is 5.10 Å². The van der Waals surface area contributed by atoms with Crippen LogP contribution in [-0.4, -0.2) is 26.9 Å². The van der Waals surface area contributed by atoms with Gasteiger partial charge in [-0.15, -0.1) is 0 Å². The van der Waals surface area contributed by atoms with Gasteiger partial charge in [-0.05, 0) is 50.5 Å². The minimum Gasteiger partial charge on any atom is -0.463 e. The molecule has 0 saturated heterocycles. The maximum absolute atomic E-state index is 14.1. The number of rotatable bonds is 8. The van der Waals surface area contributed by atoms with E-state index in [1.54, 1.807) is 11.5 Å². The van der Waals surface area contributed by atoms with Gasteiger partial charge in [0.2, 0.25) is 0 Å². The first-order chi connectivity index (χ1) is 20.5. The first-order valence-corrected chi connectivity index (χ1v) is 14.8. The molecule has 7 nitrogen and oxygen atoms in total. The van der Waals surface area contributed by atoms with Gasteiger partial charge in [-0.25, -0.2) is 14.5 Å². The van der Waals surface area contributed by atoms with Gasteiger partial charge in [0.25, 0.3) is 5.56 Å². The van der Waals surface area contributed by atoms with Crippen LogP contribution in [0.25, 0.3) is 23.0 Å². The lowest BCUT2D eigenvalue weighted by molar-refractivity contribution is -0.139. The minimum atomic E-state index is -0.483. The van der Waals surface area contributed by atoms with Crippen LogP contribution in [0, 0.1) is 0 Å². The molecule has 1 aliphatic heterocycles. The fourth-order valence-corrected chi connectivity index (χ4v) is 6.35. The summed E-state index contributed by atoms with van der Waals surface area (Å²) in [5.74, 6) is -0.429. The summed E-state index contributed by atoms with van der Waals surface area (Å²) in [7, 11) is 0. The Morgan fingerprint density at radius 2 is 1.64 bits per heavy atom. The molecule has 210 valence electrons. The number of fused-ring (bicyclic) bond motifs is 1. The summed E-state index contributed by atoms with van der Waals surface area (Å²) >= 11 is 1.33. The Kier molecular flexibility index (Phi) is 7.79. The number of benzene rings is 3. The summed E-state index contributed by atoms with van der Waals surface area (Å²) in [6.07, 6.45) is 5.09. The van der Waals surface area contributed by atoms with Crippen LogP contribution in [0.5, 0.6) is 0 Å². The van der Waals surface area contributed by atoms with E-state index in [1.165, 1.54) is 11.3 Å². The first-order valence-electron chi connectivity index (χ1n) is 14.0. The van der Waals surface area contributed by atoms with Crippen molar-refractivity contribution in [1.29, 1.82) is 0 Å². The molecule has 0 amide bonds. The largest absolute Gasteiger partial charge is 0.463 e. The van der Waals surface area contributed by atoms with Crippen molar-refractivity contribution in [3.05, 3.63) is 139 Å². The molecule has 0 radical (unpaired) electrons. The predicted molar refractivity (Wildman–Crippen MR) is 165 cm³/mol. The van der Waals surface area contributed by atoms with Gasteiger partial charge in [-0.3, -0.25) is 9.36 Å². The van der Waals surface area contributed by atoms with Crippen LogP contribution in [0.4, 0.5) is 0 Å². The van der Waals surface area contributed by atoms with Gasteiger partial charge in [0.15, 0.2) is 4.80 Å². The van der Waals surface area contributed by atoms with Crippen molar-refractivity contribution in [3.63, 3.8) is 0 Å². The van der Waals surface area contributed by atoms with Crippen LogP contribution in [0.15, 0.2) is 118 Å². The third-order valence-electron chi connectivity index (χ3n) is 7.28. The third-order valence-corrected chi connectivity index (χ3v) is 8.26. The standard InChI is InChI=1S/C34H30N4O3S/c1-3-41-33(40)30-23(2)35-34-38(28(30)20-19-24-13-7-4-8-14-24)32(39)29(42-34)21-26-22-37(27-17-11-6-12-18-27)36-31(26)25-15-9-5-10-16-25/h4-18,21-22,28H,3,19-20H2,1-2H3/b29-21-. The van der Waals surface area contributed by atoms with Crippen molar-refractivity contribution in [2.24, 2.45) is 4.99 Å². The Bertz CT molecular complexity index is 1940. The Labute approximate surface area is 247 Å². The highest BCUT2D eigenvalue weighted by Gasteiger charge is 2.31. The first kappa shape index (κ1) is 27.4. The van der Waals surface area contributed by atoms with Crippen LogP contribution < -0.4 is 14.9 Å². The van der Waals surface area contributed by atoms with E-state index < -0.39 is 12.0 Å². The molecule has 5 aromatic rings. The molecule has 6 rings (SSSR count). The number of aromatic nitrogens is 3. The molecular formula is C34H30N4O3S. The van der Waals surface area contributed by atoms with Crippen molar-refractivity contribution < 1.29 is 9.53 Å². The van der Waals surface area contributed by atoms with Crippen LogP contribution in [0.1, 0.15) is 37.4 Å². The second-order valence-electron chi connectivity index (χ2n) is 10.0. The van der Waals surface area contributed by atoms with Crippen molar-refractivity contribution in [1.82, 2.24) is 14.3 Å². The van der Waals surface area contributed by atoms with E-state index in [1.807, 2.05) is 103 Å². The smallest absolute Gasteiger partial charge is 0.337 e. The number of nitrogens with zero attached hydrogens (tertiary/aromatic N) is 4. The number of hydrogen-bond donors (Lipinski definition) is 0. The summed E-state index contributed by atoms with van der Waals surface area (Å²) in [6, 6.07) is 29.4. The van der Waals surface area contributed by atoms with Gasteiger partial charge in [-0.1, -0.05) is 90.2 Å². The molecule has 0 spiro atoms. The molecule has 0 saturated carbocycles. The van der Waals surface area contributed by atoms with Crippen molar-refractivity contribution in [2.75, 3.05) is 6.61 Å². The van der Waals surface area contributed by atoms with E-state index in [0.717, 1.165) is 28.1 Å². The van der Waals surface area contributed by atoms with Crippen LogP contribution in [0.2, 0.25) is 0 Å². The third kappa shape index (κ3) is 5.41. The number of para-hydroxylation sites is 1. The molecule has 0 fully saturated rings. The van der Waals surface area contributed by atoms with Crippen LogP contribution in [-0.2, 0) is 16.0 Å². The number of hydrogen-bond acceptors (Lipinski definition) is 6. The molecule has 42 heavy (non-hydrogen) atoms. The zero-order chi connectivity index (χ0) is 29.1. The van der Waals surface area contributed by atoms with Gasteiger partial charge in [0, 0.05) is 17.3 Å². The topological polar surface area (TPSA) is 78.5 Å². The molecule has 1 atom stereocenters. The summed E-state index contributed by atoms with van der Waals surface area (Å²) in [5, 5.41) is 4.89. The fraction of sp³-hybridized carbons (Fsp3) is 0.176. The Morgan fingerprint density at radius 1 is 0.976 bits per heavy atom. The second kappa shape index (κ2) is 12.0. The van der Waals surface area contributed by atoms with E-state index in [4.69, 9.17) is 14.8 Å². The summed E-state index contributed by atoms with van der Waals surface area (Å²) in [6.45, 7) is 3.84. The Morgan fingerprint density at radius 3 is 2.33 bits per heavy atom. The normalized spacial score (nSPS) is 14.9. The van der Waals surface area contributed by atoms with Gasteiger partial charge in [0.05, 0.1) is 39.8 Å². The number of carbonyl (C=O) groups excluding carboxylic acids is 1. The lowest BCUT2D eigenvalue weighted by atomic mass is 9.96. The predicted octanol–water partition coefficient (Wildman–Crippen LogP) is 5.24. The van der Waals surface area contributed by atoms with E-state index in [2.05, 4.69) is 12.1 Å². The highest BCUT2D eigenvalue weighted by atomic mass is 32.1. The number of carbonyl (C=O) groups is 1. The molecule has 0 N–H and O–H groups in total. The van der Waals surface area contributed by atoms with Crippen molar-refractivity contribution >= 4 is 23.4 Å². The summed E-state index contributed by atoms with van der Waals surface area (Å²) in [5.41, 5.74) is 5.44. The average molecular weight is 575 g/mol. The molecule has 3 heterocycles. The van der Waals surface area contributed by atoms with Crippen LogP contribution >= 0.6 is 11.3 Å². The zero-order valence-corrected chi connectivity index (χ0v) is 24.3. The SMILES string of the molecule is CCOC(=O)C1=C(C)N=c2s/c(=C\c3cn(-c4ccccc4)nc3-c3ccccc3)c(=O)n2C1CCc1ccccc1. The maximum Gasteiger partial charge on any atom is 0.337 e. The maximum atomic E-state index is 14.1. The number of aryl methyl sites for hydroxylation is 1. The Balaban J connectivity index is 1.48. The lowest BCUT2D eigenvalue weighted by Gasteiger charge is -2.24. The quantitative estimate of drug-likeness (QED) is 0.238. The van der Waals surface area contributed by atoms with E-state index in [-0.39, 0.29) is 12.2 Å². The van der Waals surface area contributed by atoms with Gasteiger partial charge >= 0.3 is 5.97 Å². The Hall–Kier alpha value is -4.82.